The average molecular weight is 635 g/mol. The molecule has 238 valence electrons. The molecule has 1 unspecified atom stereocenters. The number of aromatic nitrogens is 4. The van der Waals surface area contributed by atoms with Gasteiger partial charge in [-0.1, -0.05) is 18.2 Å². The van der Waals surface area contributed by atoms with E-state index in [2.05, 4.69) is 21.0 Å². The smallest absolute Gasteiger partial charge is 0.475 e. The third-order valence-electron chi connectivity index (χ3n) is 6.61. The number of halogens is 7. The van der Waals surface area contributed by atoms with E-state index in [1.54, 1.807) is 22.9 Å². The Kier molecular flexibility index (Phi) is 10.3. The number of fused-ring (bicyclic) bond motifs is 1. The molecule has 3 aromatic rings. The van der Waals surface area contributed by atoms with Crippen LogP contribution in [-0.4, -0.2) is 71.8 Å². The molecule has 0 amide bonds. The van der Waals surface area contributed by atoms with Gasteiger partial charge in [-0.25, -0.2) is 18.7 Å². The second kappa shape index (κ2) is 13.4. The standard InChI is InChI=1S/C22H22FN5O2.2C2HF3O2/c23-18-5-3-16(4-6-18)13-28-21(30)20(29)27-15-22(10-19(27)25-28)7-9-26(14-22)12-17-2-1-8-24-11-17;2*3-2(4,5)1(6)7/h1-6,8,11H,7,9-10,12-15H2;2*(H,6,7). The van der Waals surface area contributed by atoms with Gasteiger partial charge in [0.2, 0.25) is 0 Å². The molecule has 5 rings (SSSR count). The predicted molar refractivity (Wildman–Crippen MR) is 136 cm³/mol. The van der Waals surface area contributed by atoms with Crippen LogP contribution in [0.2, 0.25) is 0 Å². The van der Waals surface area contributed by atoms with E-state index in [-0.39, 0.29) is 17.8 Å². The minimum absolute atomic E-state index is 0.0666. The van der Waals surface area contributed by atoms with Crippen molar-refractivity contribution in [2.75, 3.05) is 13.1 Å². The van der Waals surface area contributed by atoms with Gasteiger partial charge < -0.3 is 10.2 Å². The quantitative estimate of drug-likeness (QED) is 0.326. The van der Waals surface area contributed by atoms with Gasteiger partial charge in [-0.05, 0) is 42.3 Å². The Morgan fingerprint density at radius 1 is 0.864 bits per heavy atom. The molecule has 4 heterocycles. The Morgan fingerprint density at radius 2 is 1.45 bits per heavy atom. The fourth-order valence-electron chi connectivity index (χ4n) is 4.66. The predicted octanol–water partition coefficient (Wildman–Crippen LogP) is 2.70. The number of nitrogens with zero attached hydrogens (tertiary/aromatic N) is 5. The molecule has 1 atom stereocenters. The van der Waals surface area contributed by atoms with Gasteiger partial charge in [-0.3, -0.25) is 24.0 Å². The maximum atomic E-state index is 13.1. The molecule has 1 fully saturated rings. The second-order valence-corrected chi connectivity index (χ2v) is 10.0. The molecule has 2 N–H and O–H groups in total. The first-order chi connectivity index (χ1) is 20.4. The van der Waals surface area contributed by atoms with E-state index in [1.165, 1.54) is 22.4 Å². The molecule has 1 saturated heterocycles. The lowest BCUT2D eigenvalue weighted by Gasteiger charge is -2.22. The first-order valence-electron chi connectivity index (χ1n) is 12.6. The zero-order valence-electron chi connectivity index (χ0n) is 22.5. The summed E-state index contributed by atoms with van der Waals surface area (Å²) in [5.74, 6) is -5.20. The van der Waals surface area contributed by atoms with Crippen LogP contribution in [-0.2, 0) is 35.6 Å². The second-order valence-electron chi connectivity index (χ2n) is 10.0. The highest BCUT2D eigenvalue weighted by atomic mass is 19.4. The summed E-state index contributed by atoms with van der Waals surface area (Å²) in [7, 11) is 0. The van der Waals surface area contributed by atoms with Gasteiger partial charge in [0.05, 0.1) is 6.54 Å². The molecule has 0 aliphatic carbocycles. The van der Waals surface area contributed by atoms with E-state index in [0.29, 0.717) is 18.8 Å². The van der Waals surface area contributed by atoms with Crippen LogP contribution in [0.1, 0.15) is 23.4 Å². The van der Waals surface area contributed by atoms with E-state index in [0.717, 1.165) is 31.6 Å². The van der Waals surface area contributed by atoms with Crippen LogP contribution in [0.5, 0.6) is 0 Å². The van der Waals surface area contributed by atoms with Crippen LogP contribution < -0.4 is 11.1 Å². The molecule has 11 nitrogen and oxygen atoms in total. The number of carboxylic acids is 2. The lowest BCUT2D eigenvalue weighted by atomic mass is 9.86. The van der Waals surface area contributed by atoms with E-state index < -0.39 is 35.4 Å². The summed E-state index contributed by atoms with van der Waals surface area (Å²) in [4.78, 5) is 49.7. The van der Waals surface area contributed by atoms with Gasteiger partial charge in [-0.15, -0.1) is 0 Å². The zero-order valence-corrected chi connectivity index (χ0v) is 22.5. The molecular weight excluding hydrogens is 611 g/mol. The number of aliphatic carboxylic acids is 2. The van der Waals surface area contributed by atoms with E-state index in [1.807, 2.05) is 12.3 Å². The number of carboxylic acid groups (broad SMARTS) is 2. The maximum absolute atomic E-state index is 13.1. The molecule has 0 saturated carbocycles. The largest absolute Gasteiger partial charge is 0.490 e. The van der Waals surface area contributed by atoms with E-state index >= 15 is 0 Å². The minimum Gasteiger partial charge on any atom is -0.475 e. The topological polar surface area (TPSA) is 148 Å². The van der Waals surface area contributed by atoms with Crippen molar-refractivity contribution in [3.8, 4) is 0 Å². The van der Waals surface area contributed by atoms with E-state index in [9.17, 15) is 40.3 Å². The molecule has 0 radical (unpaired) electrons. The van der Waals surface area contributed by atoms with Crippen molar-refractivity contribution < 1.29 is 50.5 Å². The zero-order chi connectivity index (χ0) is 32.9. The fraction of sp³-hybridized carbons (Fsp3) is 0.385. The fourth-order valence-corrected chi connectivity index (χ4v) is 4.66. The van der Waals surface area contributed by atoms with Crippen molar-refractivity contribution in [1.29, 1.82) is 0 Å². The van der Waals surface area contributed by atoms with Crippen LogP contribution in [0.25, 0.3) is 0 Å². The van der Waals surface area contributed by atoms with Crippen LogP contribution in [0.3, 0.4) is 0 Å². The van der Waals surface area contributed by atoms with Gasteiger partial charge in [0.15, 0.2) is 0 Å². The number of hydrogen-bond acceptors (Lipinski definition) is 7. The average Bonchev–Trinajstić information content (AvgIpc) is 3.50. The Morgan fingerprint density at radius 3 is 1.98 bits per heavy atom. The normalized spacial score (nSPS) is 17.7. The Hall–Kier alpha value is -4.61. The number of hydrogen-bond donors (Lipinski definition) is 2. The molecule has 2 aliphatic rings. The highest BCUT2D eigenvalue weighted by molar-refractivity contribution is 5.73. The molecule has 1 aromatic carbocycles. The number of alkyl halides is 6. The first kappa shape index (κ1) is 33.9. The summed E-state index contributed by atoms with van der Waals surface area (Å²) in [6.45, 7) is 3.31. The van der Waals surface area contributed by atoms with Crippen LogP contribution in [0.4, 0.5) is 30.7 Å². The Labute approximate surface area is 242 Å². The SMILES string of the molecule is O=C(O)C(F)(F)F.O=C(O)C(F)(F)F.O=c1c(=O)n2c(nn1Cc1ccc(F)cc1)CC1(CCN(Cc3cccnc3)C1)C2. The van der Waals surface area contributed by atoms with Gasteiger partial charge >= 0.3 is 35.4 Å². The molecule has 0 bridgehead atoms. The molecule has 1 spiro atoms. The van der Waals surface area contributed by atoms with Gasteiger partial charge in [0.25, 0.3) is 0 Å². The van der Waals surface area contributed by atoms with Crippen molar-refractivity contribution in [2.45, 2.75) is 44.8 Å². The van der Waals surface area contributed by atoms with Crippen LogP contribution in [0, 0.1) is 11.2 Å². The minimum atomic E-state index is -5.08. The molecule has 2 aliphatic heterocycles. The molecular formula is C26H24F7N5O6. The molecule has 18 heteroatoms. The lowest BCUT2D eigenvalue weighted by molar-refractivity contribution is -0.193. The van der Waals surface area contributed by atoms with Crippen LogP contribution >= 0.6 is 0 Å². The van der Waals surface area contributed by atoms with Gasteiger partial charge in [0, 0.05) is 43.9 Å². The summed E-state index contributed by atoms with van der Waals surface area (Å²) in [5, 5.41) is 18.8. The number of pyridine rings is 1. The molecule has 44 heavy (non-hydrogen) atoms. The van der Waals surface area contributed by atoms with Crippen LogP contribution in [0.15, 0.2) is 58.4 Å². The monoisotopic (exact) mass is 635 g/mol. The van der Waals surface area contributed by atoms with Gasteiger partial charge in [0.1, 0.15) is 11.6 Å². The summed E-state index contributed by atoms with van der Waals surface area (Å²) in [5.41, 5.74) is 0.670. The maximum Gasteiger partial charge on any atom is 0.490 e. The summed E-state index contributed by atoms with van der Waals surface area (Å²) in [6, 6.07) is 9.88. The number of likely N-dealkylation sites (tertiary alicyclic amines) is 1. The van der Waals surface area contributed by atoms with Crippen molar-refractivity contribution in [2.24, 2.45) is 5.41 Å². The summed E-state index contributed by atoms with van der Waals surface area (Å²) >= 11 is 0. The third kappa shape index (κ3) is 8.95. The lowest BCUT2D eigenvalue weighted by Crippen LogP contribution is -2.43. The number of rotatable bonds is 4. The van der Waals surface area contributed by atoms with Crippen molar-refractivity contribution in [3.05, 3.63) is 92.3 Å². The van der Waals surface area contributed by atoms with Crippen molar-refractivity contribution in [3.63, 3.8) is 0 Å². The summed E-state index contributed by atoms with van der Waals surface area (Å²) in [6.07, 6.45) is -4.89. The van der Waals surface area contributed by atoms with Gasteiger partial charge in [-0.2, -0.15) is 31.4 Å². The highest BCUT2D eigenvalue weighted by Gasteiger charge is 2.44. The number of benzene rings is 1. The summed E-state index contributed by atoms with van der Waals surface area (Å²) < 4.78 is 79.4. The third-order valence-corrected chi connectivity index (χ3v) is 6.61. The van der Waals surface area contributed by atoms with E-state index in [4.69, 9.17) is 19.8 Å². The Bertz CT molecular complexity index is 1570. The highest BCUT2D eigenvalue weighted by Crippen LogP contribution is 2.39. The first-order valence-corrected chi connectivity index (χ1v) is 12.6. The van der Waals surface area contributed by atoms with Crippen molar-refractivity contribution >= 4 is 11.9 Å². The molecule has 2 aromatic heterocycles. The van der Waals surface area contributed by atoms with Crippen molar-refractivity contribution in [1.82, 2.24) is 24.2 Å². The number of carbonyl (C=O) groups is 2. The Balaban J connectivity index is 0.000000317.